The number of nitrogens with zero attached hydrogens (tertiary/aromatic N) is 3. The summed E-state index contributed by atoms with van der Waals surface area (Å²) in [6.07, 6.45) is -5.22. The van der Waals surface area contributed by atoms with E-state index in [9.17, 15) is 39.6 Å². The summed E-state index contributed by atoms with van der Waals surface area (Å²) in [6, 6.07) is 13.5. The average molecular weight is 714 g/mol. The lowest BCUT2D eigenvalue weighted by molar-refractivity contribution is -0.143. The van der Waals surface area contributed by atoms with E-state index < -0.39 is 51.0 Å². The summed E-state index contributed by atoms with van der Waals surface area (Å²) in [4.78, 5) is 17.6. The second kappa shape index (κ2) is 13.4. The van der Waals surface area contributed by atoms with Crippen LogP contribution in [0.25, 0.3) is 0 Å². The molecule has 0 saturated carbocycles. The molecule has 2 unspecified atom stereocenters. The summed E-state index contributed by atoms with van der Waals surface area (Å²) in [7, 11) is -3.49. The number of carbonyl (C=O) groups is 1. The molecule has 1 spiro atoms. The highest BCUT2D eigenvalue weighted by Gasteiger charge is 2.44. The van der Waals surface area contributed by atoms with Crippen molar-refractivity contribution in [3.05, 3.63) is 88.3 Å². The van der Waals surface area contributed by atoms with Gasteiger partial charge in [-0.15, -0.1) is 11.3 Å². The van der Waals surface area contributed by atoms with Gasteiger partial charge >= 0.3 is 12.4 Å². The molecule has 1 aromatic heterocycles. The van der Waals surface area contributed by atoms with Gasteiger partial charge in [0.15, 0.2) is 0 Å². The quantitative estimate of drug-likeness (QED) is 0.248. The molecule has 3 saturated heterocycles. The van der Waals surface area contributed by atoms with Gasteiger partial charge in [-0.05, 0) is 98.7 Å². The zero-order valence-electron chi connectivity index (χ0n) is 26.1. The number of likely N-dealkylation sites (tertiary alicyclic amines) is 2. The van der Waals surface area contributed by atoms with Gasteiger partial charge in [-0.2, -0.15) is 30.6 Å². The maximum atomic E-state index is 13.7. The lowest BCUT2D eigenvalue weighted by atomic mass is 9.71. The smallest absolute Gasteiger partial charge is 0.335 e. The Balaban J connectivity index is 1.15. The van der Waals surface area contributed by atoms with E-state index in [1.165, 1.54) is 16.2 Å². The molecule has 6 rings (SSSR count). The largest absolute Gasteiger partial charge is 0.416 e. The topological polar surface area (TPSA) is 60.9 Å². The van der Waals surface area contributed by atoms with E-state index in [1.807, 2.05) is 30.3 Å². The number of piperidine rings is 3. The number of rotatable bonds is 6. The SMILES string of the molecule is O=C(c1cc(C(F)(F)F)cc(C(F)(F)F)c1)N1CCC(N2CCC3(CC2)CCN(S(=O)(=O)c2cccs2)CC3)CC1Cc1ccccc1. The van der Waals surface area contributed by atoms with Gasteiger partial charge in [-0.3, -0.25) is 4.79 Å². The first-order chi connectivity index (χ1) is 22.6. The third-order valence-corrected chi connectivity index (χ3v) is 13.6. The van der Waals surface area contributed by atoms with Gasteiger partial charge in [0.1, 0.15) is 4.21 Å². The number of amides is 1. The summed E-state index contributed by atoms with van der Waals surface area (Å²) in [5, 5.41) is 1.76. The Morgan fingerprint density at radius 1 is 0.812 bits per heavy atom. The second-order valence-corrected chi connectivity index (χ2v) is 16.3. The molecule has 3 aliphatic rings. The van der Waals surface area contributed by atoms with Crippen LogP contribution in [0.5, 0.6) is 0 Å². The Kier molecular flexibility index (Phi) is 9.75. The van der Waals surface area contributed by atoms with Crippen molar-refractivity contribution in [1.29, 1.82) is 0 Å². The molecule has 0 aliphatic carbocycles. The van der Waals surface area contributed by atoms with Crippen molar-refractivity contribution in [2.24, 2.45) is 5.41 Å². The minimum Gasteiger partial charge on any atom is -0.335 e. The highest BCUT2D eigenvalue weighted by Crippen LogP contribution is 2.44. The van der Waals surface area contributed by atoms with E-state index in [0.29, 0.717) is 48.7 Å². The molecule has 6 nitrogen and oxygen atoms in total. The molecule has 0 N–H and O–H groups in total. The van der Waals surface area contributed by atoms with Gasteiger partial charge in [0.2, 0.25) is 0 Å². The summed E-state index contributed by atoms with van der Waals surface area (Å²) in [6.45, 7) is 2.76. The van der Waals surface area contributed by atoms with Crippen LogP contribution in [-0.4, -0.2) is 73.2 Å². The molecule has 4 heterocycles. The maximum absolute atomic E-state index is 13.7. The molecule has 2 atom stereocenters. The number of sulfonamides is 1. The molecular weight excluding hydrogens is 677 g/mol. The van der Waals surface area contributed by atoms with E-state index in [1.54, 1.807) is 21.8 Å². The highest BCUT2D eigenvalue weighted by molar-refractivity contribution is 7.91. The Bertz CT molecular complexity index is 1650. The van der Waals surface area contributed by atoms with Crippen molar-refractivity contribution in [2.45, 2.75) is 73.6 Å². The van der Waals surface area contributed by atoms with E-state index in [4.69, 9.17) is 0 Å². The lowest BCUT2D eigenvalue weighted by Crippen LogP contribution is -2.55. The van der Waals surface area contributed by atoms with Gasteiger partial charge in [0, 0.05) is 37.3 Å². The van der Waals surface area contributed by atoms with Crippen molar-refractivity contribution >= 4 is 27.3 Å². The molecule has 2 aromatic carbocycles. The predicted molar refractivity (Wildman–Crippen MR) is 170 cm³/mol. The van der Waals surface area contributed by atoms with Crippen molar-refractivity contribution in [1.82, 2.24) is 14.1 Å². The molecule has 14 heteroatoms. The van der Waals surface area contributed by atoms with Crippen LogP contribution in [0, 0.1) is 5.41 Å². The van der Waals surface area contributed by atoms with Crippen LogP contribution in [0.15, 0.2) is 70.3 Å². The number of halogens is 6. The van der Waals surface area contributed by atoms with E-state index in [-0.39, 0.29) is 24.1 Å². The third-order valence-electron chi connectivity index (χ3n) is 10.3. The third kappa shape index (κ3) is 7.46. The zero-order valence-corrected chi connectivity index (χ0v) is 27.8. The fraction of sp³-hybridized carbons (Fsp3) is 0.500. The second-order valence-electron chi connectivity index (χ2n) is 13.2. The molecule has 0 bridgehead atoms. The molecule has 3 aromatic rings. The summed E-state index contributed by atoms with van der Waals surface area (Å²) in [5.41, 5.74) is -2.67. The Labute approximate surface area is 280 Å². The molecule has 3 aliphatic heterocycles. The van der Waals surface area contributed by atoms with E-state index in [2.05, 4.69) is 4.90 Å². The maximum Gasteiger partial charge on any atom is 0.416 e. The van der Waals surface area contributed by atoms with Crippen molar-refractivity contribution in [2.75, 3.05) is 32.7 Å². The molecular formula is C34H37F6N3O3S2. The van der Waals surface area contributed by atoms with Gasteiger partial charge in [-0.1, -0.05) is 36.4 Å². The number of carbonyl (C=O) groups excluding carboxylic acids is 1. The molecule has 1 amide bonds. The first kappa shape index (κ1) is 34.9. The van der Waals surface area contributed by atoms with E-state index in [0.717, 1.165) is 44.3 Å². The van der Waals surface area contributed by atoms with Crippen LogP contribution in [0.2, 0.25) is 0 Å². The molecule has 3 fully saturated rings. The van der Waals surface area contributed by atoms with Gasteiger partial charge in [0.05, 0.1) is 11.1 Å². The number of hydrogen-bond donors (Lipinski definition) is 0. The van der Waals surface area contributed by atoms with Crippen LogP contribution in [-0.2, 0) is 28.8 Å². The van der Waals surface area contributed by atoms with E-state index >= 15 is 0 Å². The first-order valence-corrected chi connectivity index (χ1v) is 18.4. The lowest BCUT2D eigenvalue weighted by Gasteiger charge is -2.50. The number of hydrogen-bond acceptors (Lipinski definition) is 5. The monoisotopic (exact) mass is 713 g/mol. The van der Waals surface area contributed by atoms with Gasteiger partial charge in [-0.25, -0.2) is 8.42 Å². The Morgan fingerprint density at radius 2 is 1.42 bits per heavy atom. The fourth-order valence-electron chi connectivity index (χ4n) is 7.55. The number of benzene rings is 2. The minimum absolute atomic E-state index is 0.0418. The summed E-state index contributed by atoms with van der Waals surface area (Å²) < 4.78 is 110. The van der Waals surface area contributed by atoms with Crippen LogP contribution < -0.4 is 0 Å². The summed E-state index contributed by atoms with van der Waals surface area (Å²) in [5.74, 6) is -0.840. The first-order valence-electron chi connectivity index (χ1n) is 16.1. The average Bonchev–Trinajstić information content (AvgIpc) is 3.61. The summed E-state index contributed by atoms with van der Waals surface area (Å²) >= 11 is 1.22. The predicted octanol–water partition coefficient (Wildman–Crippen LogP) is 7.57. The molecule has 48 heavy (non-hydrogen) atoms. The van der Waals surface area contributed by atoms with Crippen LogP contribution in [0.3, 0.4) is 0 Å². The molecule has 260 valence electrons. The fourth-order valence-corrected chi connectivity index (χ4v) is 10.1. The standard InChI is InChI=1S/C34H37F6N3O3S2/c35-33(36,37)26-20-25(21-27(22-26)34(38,39)40)31(44)43-13-8-28(23-29(43)19-24-5-2-1-3-6-24)41-14-9-32(10-15-41)11-16-42(17-12-32)48(45,46)30-7-4-18-47-30/h1-7,18,20-22,28-29H,8-17,19,23H2. The normalized spacial score (nSPS) is 23.0. The number of alkyl halides is 6. The van der Waals surface area contributed by atoms with Crippen LogP contribution >= 0.6 is 11.3 Å². The number of thiophene rings is 1. The highest BCUT2D eigenvalue weighted by atomic mass is 32.2. The van der Waals surface area contributed by atoms with Crippen molar-refractivity contribution < 1.29 is 39.6 Å². The molecule has 0 radical (unpaired) electrons. The Hall–Kier alpha value is -2.94. The van der Waals surface area contributed by atoms with Crippen LogP contribution in [0.1, 0.15) is 65.6 Å². The van der Waals surface area contributed by atoms with Crippen LogP contribution in [0.4, 0.5) is 26.3 Å². The minimum atomic E-state index is -5.05. The van der Waals surface area contributed by atoms with Gasteiger partial charge < -0.3 is 9.80 Å². The van der Waals surface area contributed by atoms with Crippen molar-refractivity contribution in [3.8, 4) is 0 Å². The zero-order chi connectivity index (χ0) is 34.3. The van der Waals surface area contributed by atoms with Crippen molar-refractivity contribution in [3.63, 3.8) is 0 Å². The van der Waals surface area contributed by atoms with Gasteiger partial charge in [0.25, 0.3) is 15.9 Å². The Morgan fingerprint density at radius 3 is 1.98 bits per heavy atom.